The van der Waals surface area contributed by atoms with E-state index in [9.17, 15) is 13.2 Å². The van der Waals surface area contributed by atoms with Crippen molar-refractivity contribution in [1.29, 1.82) is 0 Å². The van der Waals surface area contributed by atoms with Gasteiger partial charge in [0.2, 0.25) is 0 Å². The summed E-state index contributed by atoms with van der Waals surface area (Å²) in [6.45, 7) is 3.33. The lowest BCUT2D eigenvalue weighted by molar-refractivity contribution is -0.116. The average Bonchev–Trinajstić information content (AvgIpc) is 2.65. The Bertz CT molecular complexity index is 720. The summed E-state index contributed by atoms with van der Waals surface area (Å²) in [6, 6.07) is 2.67. The van der Waals surface area contributed by atoms with E-state index in [1.165, 1.54) is 12.1 Å². The first-order chi connectivity index (χ1) is 9.22. The number of ketones is 1. The number of carbonyl (C=O) groups excluding carboxylic acids is 1. The summed E-state index contributed by atoms with van der Waals surface area (Å²) in [6.07, 6.45) is 0.779. The van der Waals surface area contributed by atoms with Gasteiger partial charge in [-0.05, 0) is 43.5 Å². The third-order valence-corrected chi connectivity index (χ3v) is 5.14. The smallest absolute Gasteiger partial charge is 0.340 e. The van der Waals surface area contributed by atoms with Crippen LogP contribution in [0, 0.1) is 6.92 Å². The van der Waals surface area contributed by atoms with Crippen LogP contribution in [0.25, 0.3) is 0 Å². The summed E-state index contributed by atoms with van der Waals surface area (Å²) < 4.78 is 29.4. The lowest BCUT2D eigenvalue weighted by atomic mass is 10.2. The zero-order valence-corrected chi connectivity index (χ0v) is 13.2. The summed E-state index contributed by atoms with van der Waals surface area (Å²) in [5.74, 6) is -0.415. The van der Waals surface area contributed by atoms with Crippen molar-refractivity contribution in [3.05, 3.63) is 39.1 Å². The van der Waals surface area contributed by atoms with Crippen molar-refractivity contribution in [2.24, 2.45) is 0 Å². The second-order valence-electron chi connectivity index (χ2n) is 4.60. The first-order valence-corrected chi connectivity index (χ1v) is 8.02. The van der Waals surface area contributed by atoms with Gasteiger partial charge in [-0.1, -0.05) is 23.2 Å². The van der Waals surface area contributed by atoms with E-state index in [1.807, 2.05) is 0 Å². The molecule has 108 valence electrons. The second kappa shape index (κ2) is 5.39. The van der Waals surface area contributed by atoms with Crippen LogP contribution in [0.1, 0.15) is 25.3 Å². The van der Waals surface area contributed by atoms with E-state index >= 15 is 0 Å². The Morgan fingerprint density at radius 1 is 1.10 bits per heavy atom. The minimum absolute atomic E-state index is 0.0377. The van der Waals surface area contributed by atoms with Crippen LogP contribution in [0.5, 0.6) is 0 Å². The molecule has 0 aromatic heterocycles. The third kappa shape index (κ3) is 2.85. The van der Waals surface area contributed by atoms with E-state index < -0.39 is 10.1 Å². The molecule has 1 aromatic carbocycles. The summed E-state index contributed by atoms with van der Waals surface area (Å²) >= 11 is 11.8. The van der Waals surface area contributed by atoms with Crippen LogP contribution in [0.3, 0.4) is 0 Å². The van der Waals surface area contributed by atoms with Crippen LogP contribution in [-0.4, -0.2) is 14.2 Å². The molecule has 0 aliphatic heterocycles. The van der Waals surface area contributed by atoms with Gasteiger partial charge >= 0.3 is 10.1 Å². The molecule has 0 saturated heterocycles. The summed E-state index contributed by atoms with van der Waals surface area (Å²) in [5.41, 5.74) is 1.18. The summed E-state index contributed by atoms with van der Waals surface area (Å²) in [5, 5.41) is 0.325. The Kier molecular flexibility index (Phi) is 4.14. The quantitative estimate of drug-likeness (QED) is 0.791. The normalized spacial score (nSPS) is 15.9. The Morgan fingerprint density at radius 3 is 2.30 bits per heavy atom. The molecule has 1 aliphatic rings. The fourth-order valence-electron chi connectivity index (χ4n) is 1.86. The number of hydrogen-bond donors (Lipinski definition) is 0. The molecule has 0 unspecified atom stereocenters. The molecule has 1 aliphatic carbocycles. The minimum atomic E-state index is -4.15. The molecule has 20 heavy (non-hydrogen) atoms. The highest BCUT2D eigenvalue weighted by molar-refractivity contribution is 7.87. The number of Topliss-reactive ketones (excluding diaryl/α,β-unsaturated/α-hetero) is 1. The first kappa shape index (κ1) is 15.4. The Balaban J connectivity index is 2.44. The van der Waals surface area contributed by atoms with E-state index in [0.29, 0.717) is 22.6 Å². The van der Waals surface area contributed by atoms with Gasteiger partial charge in [0.25, 0.3) is 0 Å². The fraction of sp³-hybridized carbons (Fsp3) is 0.308. The number of rotatable bonds is 3. The lowest BCUT2D eigenvalue weighted by Gasteiger charge is -2.10. The van der Waals surface area contributed by atoms with Crippen LogP contribution in [0.2, 0.25) is 10.0 Å². The van der Waals surface area contributed by atoms with Crippen molar-refractivity contribution in [3.63, 3.8) is 0 Å². The van der Waals surface area contributed by atoms with Gasteiger partial charge in [-0.15, -0.1) is 0 Å². The van der Waals surface area contributed by atoms with Gasteiger partial charge < -0.3 is 4.18 Å². The highest BCUT2D eigenvalue weighted by atomic mass is 35.5. The molecule has 0 saturated carbocycles. The third-order valence-electron chi connectivity index (χ3n) is 3.04. The molecule has 0 atom stereocenters. The van der Waals surface area contributed by atoms with Crippen molar-refractivity contribution in [1.82, 2.24) is 0 Å². The fourth-order valence-corrected chi connectivity index (χ4v) is 3.69. The Morgan fingerprint density at radius 2 is 1.75 bits per heavy atom. The van der Waals surface area contributed by atoms with Crippen LogP contribution in [-0.2, 0) is 19.1 Å². The first-order valence-electron chi connectivity index (χ1n) is 5.85. The molecule has 0 fully saturated rings. The molecule has 7 heteroatoms. The number of carbonyl (C=O) groups is 1. The molecule has 0 heterocycles. The Labute approximate surface area is 127 Å². The number of halogens is 2. The topological polar surface area (TPSA) is 60.4 Å². The second-order valence-corrected chi connectivity index (χ2v) is 6.93. The number of aryl methyl sites for hydroxylation is 1. The minimum Gasteiger partial charge on any atom is -0.375 e. The van der Waals surface area contributed by atoms with E-state index in [0.717, 1.165) is 0 Å². The van der Waals surface area contributed by atoms with Crippen LogP contribution < -0.4 is 0 Å². The maximum absolute atomic E-state index is 12.2. The van der Waals surface area contributed by atoms with E-state index in [2.05, 4.69) is 0 Å². The van der Waals surface area contributed by atoms with Crippen molar-refractivity contribution in [2.45, 2.75) is 31.6 Å². The zero-order valence-electron chi connectivity index (χ0n) is 10.9. The van der Waals surface area contributed by atoms with E-state index in [4.69, 9.17) is 27.4 Å². The molecule has 1 aromatic rings. The van der Waals surface area contributed by atoms with Gasteiger partial charge in [-0.2, -0.15) is 8.42 Å². The van der Waals surface area contributed by atoms with E-state index in [1.54, 1.807) is 13.8 Å². The molecular weight excluding hydrogens is 323 g/mol. The number of hydrogen-bond acceptors (Lipinski definition) is 4. The van der Waals surface area contributed by atoms with Crippen molar-refractivity contribution >= 4 is 39.1 Å². The van der Waals surface area contributed by atoms with Crippen molar-refractivity contribution in [2.75, 3.05) is 0 Å². The molecular formula is C13H12Cl2O4S. The molecule has 4 nitrogen and oxygen atoms in total. The average molecular weight is 335 g/mol. The molecule has 2 rings (SSSR count). The maximum atomic E-state index is 12.2. The van der Waals surface area contributed by atoms with Crippen LogP contribution in [0.15, 0.2) is 28.4 Å². The van der Waals surface area contributed by atoms with Gasteiger partial charge in [-0.25, -0.2) is 0 Å². The standard InChI is InChI=1S/C13H12Cl2O4S/c1-7-3-4-11(16)13(7)19-20(17,18)12-5-8(2)9(14)6-10(12)15/h5-6H,3-4H2,1-2H3. The molecule has 0 bridgehead atoms. The highest BCUT2D eigenvalue weighted by Gasteiger charge is 2.29. The monoisotopic (exact) mass is 334 g/mol. The van der Waals surface area contributed by atoms with Crippen molar-refractivity contribution in [3.8, 4) is 0 Å². The summed E-state index contributed by atoms with van der Waals surface area (Å²) in [7, 11) is -4.15. The van der Waals surface area contributed by atoms with Gasteiger partial charge in [0, 0.05) is 11.4 Å². The van der Waals surface area contributed by atoms with Gasteiger partial charge in [-0.3, -0.25) is 4.79 Å². The predicted octanol–water partition coefficient (Wildman–Crippen LogP) is 3.64. The highest BCUT2D eigenvalue weighted by Crippen LogP contribution is 2.32. The van der Waals surface area contributed by atoms with Crippen LogP contribution in [0.4, 0.5) is 0 Å². The van der Waals surface area contributed by atoms with Gasteiger partial charge in [0.05, 0.1) is 5.02 Å². The molecule has 0 spiro atoms. The Hall–Kier alpha value is -1.04. The molecule has 0 radical (unpaired) electrons. The lowest BCUT2D eigenvalue weighted by Crippen LogP contribution is -2.11. The zero-order chi connectivity index (χ0) is 15.1. The largest absolute Gasteiger partial charge is 0.375 e. The number of benzene rings is 1. The van der Waals surface area contributed by atoms with Gasteiger partial charge in [0.15, 0.2) is 11.5 Å². The molecule has 0 N–H and O–H groups in total. The number of allylic oxidation sites excluding steroid dienone is 2. The van der Waals surface area contributed by atoms with Crippen molar-refractivity contribution < 1.29 is 17.4 Å². The van der Waals surface area contributed by atoms with Crippen LogP contribution >= 0.6 is 23.2 Å². The van der Waals surface area contributed by atoms with Gasteiger partial charge in [0.1, 0.15) is 4.90 Å². The van der Waals surface area contributed by atoms with E-state index in [-0.39, 0.29) is 27.9 Å². The predicted molar refractivity (Wildman–Crippen MR) is 76.4 cm³/mol. The SMILES string of the molecule is CC1=C(OS(=O)(=O)c2cc(C)c(Cl)cc2Cl)C(=O)CC1. The molecule has 0 amide bonds. The summed E-state index contributed by atoms with van der Waals surface area (Å²) in [4.78, 5) is 11.4. The maximum Gasteiger partial charge on any atom is 0.340 e.